The number of rotatable bonds is 3. The Morgan fingerprint density at radius 1 is 1.35 bits per heavy atom. The molecule has 3 heterocycles. The fraction of sp³-hybridized carbons (Fsp3) is 0.333. The number of aryl methyl sites for hydroxylation is 1. The van der Waals surface area contributed by atoms with Gasteiger partial charge in [0.25, 0.3) is 0 Å². The standard InChI is InChI=1S/C15H17FN4/c1-10-7-12(20-15-5-4-11(16)9-18-15)8-14(19-10)13-3-2-6-17-13/h4-5,7-9,13,17H,2-3,6H2,1H3,(H,18,19,20)/t13-/m1/s1. The third-order valence-corrected chi connectivity index (χ3v) is 3.39. The molecule has 1 saturated heterocycles. The first-order chi connectivity index (χ1) is 9.70. The van der Waals surface area contributed by atoms with Crippen molar-refractivity contribution >= 4 is 11.5 Å². The molecule has 2 aromatic heterocycles. The average molecular weight is 272 g/mol. The summed E-state index contributed by atoms with van der Waals surface area (Å²) >= 11 is 0. The molecule has 4 nitrogen and oxygen atoms in total. The van der Waals surface area contributed by atoms with Crippen LogP contribution in [-0.2, 0) is 0 Å². The second-order valence-corrected chi connectivity index (χ2v) is 5.06. The maximum absolute atomic E-state index is 12.8. The summed E-state index contributed by atoms with van der Waals surface area (Å²) in [5, 5.41) is 6.63. The van der Waals surface area contributed by atoms with Crippen molar-refractivity contribution in [3.8, 4) is 0 Å². The molecule has 0 saturated carbocycles. The summed E-state index contributed by atoms with van der Waals surface area (Å²) in [5.41, 5.74) is 2.94. The molecule has 1 aliphatic heterocycles. The molecule has 0 aromatic carbocycles. The molecule has 1 aliphatic rings. The molecule has 1 atom stereocenters. The highest BCUT2D eigenvalue weighted by Gasteiger charge is 2.18. The van der Waals surface area contributed by atoms with E-state index in [4.69, 9.17) is 0 Å². The van der Waals surface area contributed by atoms with E-state index in [-0.39, 0.29) is 5.82 Å². The van der Waals surface area contributed by atoms with Crippen LogP contribution in [-0.4, -0.2) is 16.5 Å². The lowest BCUT2D eigenvalue weighted by Crippen LogP contribution is -2.14. The monoisotopic (exact) mass is 272 g/mol. The van der Waals surface area contributed by atoms with E-state index < -0.39 is 0 Å². The molecule has 0 radical (unpaired) electrons. The van der Waals surface area contributed by atoms with E-state index in [2.05, 4.69) is 20.6 Å². The molecule has 20 heavy (non-hydrogen) atoms. The fourth-order valence-electron chi connectivity index (χ4n) is 2.48. The van der Waals surface area contributed by atoms with Gasteiger partial charge in [-0.3, -0.25) is 4.98 Å². The highest BCUT2D eigenvalue weighted by Crippen LogP contribution is 2.25. The second-order valence-electron chi connectivity index (χ2n) is 5.06. The molecule has 104 valence electrons. The number of hydrogen-bond donors (Lipinski definition) is 2. The fourth-order valence-corrected chi connectivity index (χ4v) is 2.48. The van der Waals surface area contributed by atoms with Crippen LogP contribution in [0.1, 0.15) is 30.3 Å². The van der Waals surface area contributed by atoms with Gasteiger partial charge in [0, 0.05) is 17.4 Å². The first kappa shape index (κ1) is 13.0. The Morgan fingerprint density at radius 2 is 2.25 bits per heavy atom. The quantitative estimate of drug-likeness (QED) is 0.901. The van der Waals surface area contributed by atoms with E-state index in [1.54, 1.807) is 6.07 Å². The number of nitrogens with zero attached hydrogens (tertiary/aromatic N) is 2. The van der Waals surface area contributed by atoms with Crippen LogP contribution in [0.15, 0.2) is 30.5 Å². The lowest BCUT2D eigenvalue weighted by atomic mass is 10.1. The van der Waals surface area contributed by atoms with E-state index in [0.29, 0.717) is 11.9 Å². The van der Waals surface area contributed by atoms with E-state index in [0.717, 1.165) is 30.0 Å². The third-order valence-electron chi connectivity index (χ3n) is 3.39. The van der Waals surface area contributed by atoms with Gasteiger partial charge in [-0.2, -0.15) is 0 Å². The lowest BCUT2D eigenvalue weighted by molar-refractivity contribution is 0.622. The Kier molecular flexibility index (Phi) is 3.60. The molecule has 1 fully saturated rings. The minimum atomic E-state index is -0.336. The molecule has 0 spiro atoms. The van der Waals surface area contributed by atoms with Gasteiger partial charge in [0.2, 0.25) is 0 Å². The molecular formula is C15H17FN4. The van der Waals surface area contributed by atoms with Gasteiger partial charge in [-0.15, -0.1) is 0 Å². The Morgan fingerprint density at radius 3 is 2.95 bits per heavy atom. The van der Waals surface area contributed by atoms with Crippen LogP contribution in [0.25, 0.3) is 0 Å². The Bertz CT molecular complexity index is 591. The smallest absolute Gasteiger partial charge is 0.141 e. The molecule has 0 aliphatic carbocycles. The average Bonchev–Trinajstić information content (AvgIpc) is 2.95. The summed E-state index contributed by atoms with van der Waals surface area (Å²) in [7, 11) is 0. The predicted molar refractivity (Wildman–Crippen MR) is 76.4 cm³/mol. The Hall–Kier alpha value is -2.01. The Labute approximate surface area is 117 Å². The third kappa shape index (κ3) is 2.93. The van der Waals surface area contributed by atoms with Crippen molar-refractivity contribution in [1.29, 1.82) is 0 Å². The van der Waals surface area contributed by atoms with Crippen LogP contribution >= 0.6 is 0 Å². The zero-order valence-electron chi connectivity index (χ0n) is 11.4. The predicted octanol–water partition coefficient (Wildman–Crippen LogP) is 3.09. The number of anilines is 2. The van der Waals surface area contributed by atoms with Gasteiger partial charge >= 0.3 is 0 Å². The summed E-state index contributed by atoms with van der Waals surface area (Å²) in [6.45, 7) is 3.02. The van der Waals surface area contributed by atoms with Gasteiger partial charge < -0.3 is 10.6 Å². The number of aromatic nitrogens is 2. The zero-order chi connectivity index (χ0) is 13.9. The van der Waals surface area contributed by atoms with Crippen molar-refractivity contribution in [2.75, 3.05) is 11.9 Å². The van der Waals surface area contributed by atoms with Crippen LogP contribution in [0.5, 0.6) is 0 Å². The van der Waals surface area contributed by atoms with Crippen molar-refractivity contribution in [1.82, 2.24) is 15.3 Å². The minimum absolute atomic E-state index is 0.330. The summed E-state index contributed by atoms with van der Waals surface area (Å²) in [6.07, 6.45) is 3.50. The van der Waals surface area contributed by atoms with Crippen LogP contribution in [0.4, 0.5) is 15.9 Å². The largest absolute Gasteiger partial charge is 0.340 e. The molecule has 3 rings (SSSR count). The summed E-state index contributed by atoms with van der Waals surface area (Å²) in [5.74, 6) is 0.291. The normalized spacial score (nSPS) is 18.2. The van der Waals surface area contributed by atoms with Crippen molar-refractivity contribution in [3.05, 3.63) is 47.7 Å². The topological polar surface area (TPSA) is 49.8 Å². The number of hydrogen-bond acceptors (Lipinski definition) is 4. The SMILES string of the molecule is Cc1cc(Nc2ccc(F)cn2)cc([C@H]2CCCN2)n1. The summed E-state index contributed by atoms with van der Waals surface area (Å²) in [6, 6.07) is 7.34. The van der Waals surface area contributed by atoms with Crippen molar-refractivity contribution < 1.29 is 4.39 Å². The lowest BCUT2D eigenvalue weighted by Gasteiger charge is -2.13. The van der Waals surface area contributed by atoms with Gasteiger partial charge in [-0.25, -0.2) is 9.37 Å². The zero-order valence-corrected chi connectivity index (χ0v) is 11.4. The molecule has 2 N–H and O–H groups in total. The first-order valence-corrected chi connectivity index (χ1v) is 6.81. The molecule has 0 bridgehead atoms. The highest BCUT2D eigenvalue weighted by atomic mass is 19.1. The van der Waals surface area contributed by atoms with Gasteiger partial charge in [0.05, 0.1) is 11.9 Å². The van der Waals surface area contributed by atoms with Gasteiger partial charge in [-0.1, -0.05) is 0 Å². The van der Waals surface area contributed by atoms with Crippen molar-refractivity contribution in [3.63, 3.8) is 0 Å². The minimum Gasteiger partial charge on any atom is -0.340 e. The van der Waals surface area contributed by atoms with E-state index in [1.165, 1.54) is 18.7 Å². The summed E-state index contributed by atoms with van der Waals surface area (Å²) < 4.78 is 12.8. The molecule has 0 unspecified atom stereocenters. The maximum Gasteiger partial charge on any atom is 0.141 e. The number of halogens is 1. The second kappa shape index (κ2) is 5.54. The van der Waals surface area contributed by atoms with Gasteiger partial charge in [-0.05, 0) is 50.6 Å². The number of nitrogens with one attached hydrogen (secondary N) is 2. The maximum atomic E-state index is 12.8. The van der Waals surface area contributed by atoms with Gasteiger partial charge in [0.15, 0.2) is 0 Å². The van der Waals surface area contributed by atoms with Crippen molar-refractivity contribution in [2.45, 2.75) is 25.8 Å². The van der Waals surface area contributed by atoms with Gasteiger partial charge in [0.1, 0.15) is 11.6 Å². The number of pyridine rings is 2. The first-order valence-electron chi connectivity index (χ1n) is 6.81. The molecule has 5 heteroatoms. The molecule has 0 amide bonds. The van der Waals surface area contributed by atoms with Crippen LogP contribution in [0, 0.1) is 12.7 Å². The van der Waals surface area contributed by atoms with E-state index >= 15 is 0 Å². The van der Waals surface area contributed by atoms with Crippen LogP contribution in [0.2, 0.25) is 0 Å². The Balaban J connectivity index is 1.83. The highest BCUT2D eigenvalue weighted by molar-refractivity contribution is 5.57. The van der Waals surface area contributed by atoms with Crippen LogP contribution in [0.3, 0.4) is 0 Å². The van der Waals surface area contributed by atoms with Crippen molar-refractivity contribution in [2.24, 2.45) is 0 Å². The molecule has 2 aromatic rings. The van der Waals surface area contributed by atoms with E-state index in [1.807, 2.05) is 19.1 Å². The van der Waals surface area contributed by atoms with Crippen LogP contribution < -0.4 is 10.6 Å². The summed E-state index contributed by atoms with van der Waals surface area (Å²) in [4.78, 5) is 8.60. The molecular weight excluding hydrogens is 255 g/mol. The van der Waals surface area contributed by atoms with E-state index in [9.17, 15) is 4.39 Å².